The molecule has 1 unspecified atom stereocenters. The zero-order chi connectivity index (χ0) is 12.0. The SMILES string of the molecule is CCC1CCCCCN1CC(=O)OC(C)C. The molecule has 0 amide bonds. The van der Waals surface area contributed by atoms with Gasteiger partial charge in [-0.3, -0.25) is 9.69 Å². The fourth-order valence-corrected chi connectivity index (χ4v) is 2.37. The molecule has 0 N–H and O–H groups in total. The lowest BCUT2D eigenvalue weighted by atomic mass is 10.1. The second kappa shape index (κ2) is 6.89. The van der Waals surface area contributed by atoms with Crippen molar-refractivity contribution < 1.29 is 9.53 Å². The van der Waals surface area contributed by atoms with Gasteiger partial charge >= 0.3 is 5.97 Å². The summed E-state index contributed by atoms with van der Waals surface area (Å²) < 4.78 is 5.21. The molecule has 0 aromatic rings. The lowest BCUT2D eigenvalue weighted by Crippen LogP contribution is -2.39. The van der Waals surface area contributed by atoms with E-state index in [9.17, 15) is 4.79 Å². The number of rotatable bonds is 4. The summed E-state index contributed by atoms with van der Waals surface area (Å²) in [4.78, 5) is 13.9. The number of hydrogen-bond donors (Lipinski definition) is 0. The molecule has 16 heavy (non-hydrogen) atoms. The van der Waals surface area contributed by atoms with Crippen molar-refractivity contribution in [1.82, 2.24) is 4.90 Å². The van der Waals surface area contributed by atoms with Gasteiger partial charge in [0, 0.05) is 6.04 Å². The van der Waals surface area contributed by atoms with Gasteiger partial charge in [-0.15, -0.1) is 0 Å². The van der Waals surface area contributed by atoms with Crippen molar-refractivity contribution >= 4 is 5.97 Å². The van der Waals surface area contributed by atoms with Crippen LogP contribution in [0.25, 0.3) is 0 Å². The third kappa shape index (κ3) is 4.52. The van der Waals surface area contributed by atoms with Gasteiger partial charge in [-0.1, -0.05) is 19.8 Å². The third-order valence-corrected chi connectivity index (χ3v) is 3.17. The fourth-order valence-electron chi connectivity index (χ4n) is 2.37. The molecule has 1 rings (SSSR count). The van der Waals surface area contributed by atoms with Crippen LogP contribution in [0.4, 0.5) is 0 Å². The second-order valence-corrected chi connectivity index (χ2v) is 4.92. The molecule has 0 aromatic heterocycles. The first-order chi connectivity index (χ1) is 7.63. The highest BCUT2D eigenvalue weighted by Crippen LogP contribution is 2.18. The van der Waals surface area contributed by atoms with Gasteiger partial charge in [0.2, 0.25) is 0 Å². The Morgan fingerprint density at radius 3 is 2.75 bits per heavy atom. The highest BCUT2D eigenvalue weighted by Gasteiger charge is 2.22. The van der Waals surface area contributed by atoms with Crippen LogP contribution in [0.15, 0.2) is 0 Å². The van der Waals surface area contributed by atoms with Crippen LogP contribution in [-0.2, 0) is 9.53 Å². The Bertz CT molecular complexity index is 216. The van der Waals surface area contributed by atoms with Gasteiger partial charge in [0.25, 0.3) is 0 Å². The number of ether oxygens (including phenoxy) is 1. The van der Waals surface area contributed by atoms with Crippen LogP contribution in [-0.4, -0.2) is 36.1 Å². The smallest absolute Gasteiger partial charge is 0.320 e. The maximum atomic E-state index is 11.6. The van der Waals surface area contributed by atoms with Crippen molar-refractivity contribution in [3.63, 3.8) is 0 Å². The number of likely N-dealkylation sites (tertiary alicyclic amines) is 1. The van der Waals surface area contributed by atoms with Crippen molar-refractivity contribution in [2.24, 2.45) is 0 Å². The van der Waals surface area contributed by atoms with E-state index < -0.39 is 0 Å². The highest BCUT2D eigenvalue weighted by atomic mass is 16.5. The summed E-state index contributed by atoms with van der Waals surface area (Å²) in [5, 5.41) is 0. The van der Waals surface area contributed by atoms with Crippen molar-refractivity contribution in [2.75, 3.05) is 13.1 Å². The van der Waals surface area contributed by atoms with E-state index in [1.807, 2.05) is 13.8 Å². The van der Waals surface area contributed by atoms with Gasteiger partial charge in [-0.2, -0.15) is 0 Å². The number of carbonyl (C=O) groups excluding carboxylic acids is 1. The van der Waals surface area contributed by atoms with Gasteiger partial charge in [-0.25, -0.2) is 0 Å². The topological polar surface area (TPSA) is 29.5 Å². The predicted molar refractivity (Wildman–Crippen MR) is 65.3 cm³/mol. The quantitative estimate of drug-likeness (QED) is 0.691. The van der Waals surface area contributed by atoms with Gasteiger partial charge < -0.3 is 4.74 Å². The number of carbonyl (C=O) groups is 1. The monoisotopic (exact) mass is 227 g/mol. The summed E-state index contributed by atoms with van der Waals surface area (Å²) in [6, 6.07) is 0.571. The van der Waals surface area contributed by atoms with E-state index in [-0.39, 0.29) is 12.1 Å². The van der Waals surface area contributed by atoms with Gasteiger partial charge in [0.05, 0.1) is 12.6 Å². The Morgan fingerprint density at radius 2 is 2.12 bits per heavy atom. The lowest BCUT2D eigenvalue weighted by molar-refractivity contribution is -0.149. The molecule has 0 aliphatic carbocycles. The minimum Gasteiger partial charge on any atom is -0.462 e. The zero-order valence-corrected chi connectivity index (χ0v) is 10.9. The van der Waals surface area contributed by atoms with E-state index in [1.54, 1.807) is 0 Å². The molecule has 1 aliphatic rings. The van der Waals surface area contributed by atoms with E-state index in [0.717, 1.165) is 13.0 Å². The molecule has 94 valence electrons. The number of nitrogens with zero attached hydrogens (tertiary/aromatic N) is 1. The molecule has 0 aromatic carbocycles. The summed E-state index contributed by atoms with van der Waals surface area (Å²) in [7, 11) is 0. The van der Waals surface area contributed by atoms with Crippen molar-refractivity contribution in [2.45, 2.75) is 65.0 Å². The Morgan fingerprint density at radius 1 is 1.38 bits per heavy atom. The highest BCUT2D eigenvalue weighted by molar-refractivity contribution is 5.71. The van der Waals surface area contributed by atoms with Gasteiger partial charge in [0.15, 0.2) is 0 Å². The third-order valence-electron chi connectivity index (χ3n) is 3.17. The van der Waals surface area contributed by atoms with Crippen molar-refractivity contribution in [1.29, 1.82) is 0 Å². The van der Waals surface area contributed by atoms with Gasteiger partial charge in [0.1, 0.15) is 0 Å². The zero-order valence-electron chi connectivity index (χ0n) is 10.9. The van der Waals surface area contributed by atoms with Gasteiger partial charge in [-0.05, 0) is 39.7 Å². The first-order valence-electron chi connectivity index (χ1n) is 6.57. The average Bonchev–Trinajstić information content (AvgIpc) is 2.41. The minimum atomic E-state index is -0.0737. The largest absolute Gasteiger partial charge is 0.462 e. The summed E-state index contributed by atoms with van der Waals surface area (Å²) in [6.07, 6.45) is 6.17. The Kier molecular flexibility index (Phi) is 5.81. The number of hydrogen-bond acceptors (Lipinski definition) is 3. The van der Waals surface area contributed by atoms with E-state index in [1.165, 1.54) is 25.7 Å². The van der Waals surface area contributed by atoms with Crippen LogP contribution < -0.4 is 0 Å². The Hall–Kier alpha value is -0.570. The molecule has 0 bridgehead atoms. The van der Waals surface area contributed by atoms with Crippen molar-refractivity contribution in [3.05, 3.63) is 0 Å². The minimum absolute atomic E-state index is 0.000412. The molecule has 1 aliphatic heterocycles. The van der Waals surface area contributed by atoms with E-state index in [2.05, 4.69) is 11.8 Å². The van der Waals surface area contributed by atoms with E-state index >= 15 is 0 Å². The van der Waals surface area contributed by atoms with Crippen molar-refractivity contribution in [3.8, 4) is 0 Å². The molecule has 3 nitrogen and oxygen atoms in total. The summed E-state index contributed by atoms with van der Waals surface area (Å²) in [5.41, 5.74) is 0. The molecule has 1 atom stereocenters. The normalized spacial score (nSPS) is 23.1. The average molecular weight is 227 g/mol. The van der Waals surface area contributed by atoms with Crippen LogP contribution >= 0.6 is 0 Å². The maximum Gasteiger partial charge on any atom is 0.320 e. The Labute approximate surface area is 99.1 Å². The molecule has 1 heterocycles. The van der Waals surface area contributed by atoms with Crippen LogP contribution in [0.3, 0.4) is 0 Å². The summed E-state index contributed by atoms with van der Waals surface area (Å²) in [5.74, 6) is -0.0737. The van der Waals surface area contributed by atoms with E-state index in [4.69, 9.17) is 4.74 Å². The molecular weight excluding hydrogens is 202 g/mol. The van der Waals surface area contributed by atoms with Crippen LogP contribution in [0.5, 0.6) is 0 Å². The standard InChI is InChI=1S/C13H25NO2/c1-4-12-8-6-5-7-9-14(12)10-13(15)16-11(2)3/h11-12H,4-10H2,1-3H3. The van der Waals surface area contributed by atoms with E-state index in [0.29, 0.717) is 12.6 Å². The predicted octanol–water partition coefficient (Wildman–Crippen LogP) is 2.59. The van der Waals surface area contributed by atoms with Crippen LogP contribution in [0.2, 0.25) is 0 Å². The van der Waals surface area contributed by atoms with Crippen LogP contribution in [0.1, 0.15) is 52.9 Å². The Balaban J connectivity index is 2.44. The molecule has 0 radical (unpaired) electrons. The van der Waals surface area contributed by atoms with Crippen LogP contribution in [0, 0.1) is 0 Å². The summed E-state index contributed by atoms with van der Waals surface area (Å²) in [6.45, 7) is 7.52. The lowest BCUT2D eigenvalue weighted by Gasteiger charge is -2.28. The molecule has 1 saturated heterocycles. The molecule has 0 saturated carbocycles. The fraction of sp³-hybridized carbons (Fsp3) is 0.923. The molecular formula is C13H25NO2. The second-order valence-electron chi connectivity index (χ2n) is 4.92. The first kappa shape index (κ1) is 13.5. The maximum absolute atomic E-state index is 11.6. The summed E-state index contributed by atoms with van der Waals surface area (Å²) >= 11 is 0. The molecule has 1 fully saturated rings. The molecule has 3 heteroatoms. The molecule has 0 spiro atoms. The number of esters is 1. The first-order valence-corrected chi connectivity index (χ1v) is 6.57.